The van der Waals surface area contributed by atoms with Crippen molar-refractivity contribution in [2.75, 3.05) is 30.8 Å². The Kier molecular flexibility index (Phi) is 13.5. The molecule has 10 nitrogen and oxygen atoms in total. The second-order valence-corrected chi connectivity index (χ2v) is 15.0. The normalized spacial score (nSPS) is 17.9. The average molecular weight is 803 g/mol. The number of thiazole rings is 1. The van der Waals surface area contributed by atoms with Crippen LogP contribution in [0.5, 0.6) is 5.75 Å². The number of carbonyl (C=O) groups is 3. The minimum atomic E-state index is -0.857. The number of nitrogens with zero attached hydrogens (tertiary/aromatic N) is 3. The molecular formula is C37H47IN4O6S. The number of hydrogen-bond donors (Lipinski definition) is 2. The fourth-order valence-electron chi connectivity index (χ4n) is 6.50. The number of fused-ring (bicyclic) bond motifs is 1. The zero-order valence-electron chi connectivity index (χ0n) is 28.5. The molecule has 5 rings (SSSR count). The van der Waals surface area contributed by atoms with Crippen molar-refractivity contribution in [3.63, 3.8) is 0 Å². The van der Waals surface area contributed by atoms with Crippen molar-refractivity contribution in [1.29, 1.82) is 0 Å². The third-order valence-electron chi connectivity index (χ3n) is 9.08. The lowest BCUT2D eigenvalue weighted by molar-refractivity contribution is -0.143. The molecule has 3 atom stereocenters. The van der Waals surface area contributed by atoms with E-state index >= 15 is 0 Å². The Labute approximate surface area is 306 Å². The summed E-state index contributed by atoms with van der Waals surface area (Å²) in [5.74, 6) is -0.376. The lowest BCUT2D eigenvalue weighted by Crippen LogP contribution is -2.55. The summed E-state index contributed by atoms with van der Waals surface area (Å²) in [7, 11) is 0. The van der Waals surface area contributed by atoms with Crippen LogP contribution in [-0.2, 0) is 27.4 Å². The molecule has 49 heavy (non-hydrogen) atoms. The van der Waals surface area contributed by atoms with Gasteiger partial charge in [-0.1, -0.05) is 66.8 Å². The van der Waals surface area contributed by atoms with Gasteiger partial charge >= 0.3 is 0 Å². The van der Waals surface area contributed by atoms with Gasteiger partial charge in [0.05, 0.1) is 28.8 Å². The Morgan fingerprint density at radius 1 is 1.10 bits per heavy atom. The Bertz CT molecular complexity index is 1600. The highest BCUT2D eigenvalue weighted by Crippen LogP contribution is 2.33. The van der Waals surface area contributed by atoms with Crippen molar-refractivity contribution < 1.29 is 29.0 Å². The first-order chi connectivity index (χ1) is 23.7. The van der Waals surface area contributed by atoms with Crippen molar-refractivity contribution in [3.05, 3.63) is 70.4 Å². The molecule has 0 unspecified atom stereocenters. The van der Waals surface area contributed by atoms with Crippen molar-refractivity contribution in [2.45, 2.75) is 84.2 Å². The van der Waals surface area contributed by atoms with E-state index in [-0.39, 0.29) is 43.1 Å². The monoisotopic (exact) mass is 802 g/mol. The van der Waals surface area contributed by atoms with Crippen LogP contribution in [0.4, 0.5) is 0 Å². The zero-order chi connectivity index (χ0) is 34.9. The summed E-state index contributed by atoms with van der Waals surface area (Å²) in [5.41, 5.74) is 6.06. The van der Waals surface area contributed by atoms with Gasteiger partial charge in [0, 0.05) is 50.4 Å². The molecule has 12 heteroatoms. The maximum Gasteiger partial charge on any atom is 0.255 e. The number of unbranched alkanes of at least 4 members (excludes halogenated alkanes) is 2. The quantitative estimate of drug-likeness (QED) is 0.101. The highest BCUT2D eigenvalue weighted by atomic mass is 127. The van der Waals surface area contributed by atoms with Crippen molar-refractivity contribution in [3.8, 4) is 16.2 Å². The Morgan fingerprint density at radius 2 is 1.86 bits per heavy atom. The lowest BCUT2D eigenvalue weighted by atomic mass is 10.0. The van der Waals surface area contributed by atoms with Gasteiger partial charge in [0.15, 0.2) is 0 Å². The van der Waals surface area contributed by atoms with E-state index in [9.17, 15) is 19.5 Å². The molecule has 0 radical (unpaired) electrons. The molecule has 0 bridgehead atoms. The predicted octanol–water partition coefficient (Wildman–Crippen LogP) is 5.77. The van der Waals surface area contributed by atoms with Gasteiger partial charge in [-0.2, -0.15) is 0 Å². The molecule has 3 heterocycles. The Balaban J connectivity index is 1.24. The number of aliphatic hydroxyl groups excluding tert-OH is 1. The number of nitrogens with one attached hydrogen (secondary N) is 1. The number of ether oxygens (including phenoxy) is 2. The van der Waals surface area contributed by atoms with Crippen LogP contribution in [0.25, 0.3) is 10.4 Å². The van der Waals surface area contributed by atoms with E-state index in [1.807, 2.05) is 62.7 Å². The number of aryl methyl sites for hydroxylation is 1. The Hall–Kier alpha value is -3.07. The average Bonchev–Trinajstić information content (AvgIpc) is 3.79. The molecular weight excluding hydrogens is 755 g/mol. The first-order valence-corrected chi connectivity index (χ1v) is 19.5. The number of aromatic nitrogens is 1. The van der Waals surface area contributed by atoms with E-state index in [4.69, 9.17) is 9.47 Å². The van der Waals surface area contributed by atoms with Crippen molar-refractivity contribution in [1.82, 2.24) is 20.1 Å². The molecule has 3 amide bonds. The van der Waals surface area contributed by atoms with Crippen LogP contribution in [0.2, 0.25) is 0 Å². The summed E-state index contributed by atoms with van der Waals surface area (Å²) in [6.07, 6.45) is 3.26. The Morgan fingerprint density at radius 3 is 2.57 bits per heavy atom. The highest BCUT2D eigenvalue weighted by Gasteiger charge is 2.45. The number of amides is 3. The van der Waals surface area contributed by atoms with Crippen LogP contribution in [0.3, 0.4) is 0 Å². The van der Waals surface area contributed by atoms with E-state index in [2.05, 4.69) is 32.9 Å². The number of hydrogen-bond acceptors (Lipinski definition) is 8. The first kappa shape index (κ1) is 37.2. The van der Waals surface area contributed by atoms with Gasteiger partial charge in [-0.25, -0.2) is 4.98 Å². The van der Waals surface area contributed by atoms with Crippen LogP contribution in [-0.4, -0.2) is 86.6 Å². The molecule has 2 aromatic carbocycles. The van der Waals surface area contributed by atoms with E-state index in [1.54, 1.807) is 22.3 Å². The summed E-state index contributed by atoms with van der Waals surface area (Å²) in [5, 5.41) is 13.7. The third kappa shape index (κ3) is 9.19. The molecule has 2 N–H and O–H groups in total. The highest BCUT2D eigenvalue weighted by molar-refractivity contribution is 14.1. The predicted molar refractivity (Wildman–Crippen MR) is 199 cm³/mol. The minimum absolute atomic E-state index is 0.0361. The SMILES string of the molecule is Cc1ncsc1-c1ccc(CNC(=O)[C@@H]2C[C@@H](O)CN2C(=O)[C@H](C(C)C)N2Cc3ccccc3C2=O)c(OCCCCOCCCCI)c1. The summed E-state index contributed by atoms with van der Waals surface area (Å²) < 4.78 is 13.2. The third-order valence-corrected chi connectivity index (χ3v) is 10.8. The van der Waals surface area contributed by atoms with E-state index in [0.29, 0.717) is 31.1 Å². The number of halogens is 1. The molecule has 2 aliphatic rings. The molecule has 0 saturated carbocycles. The minimum Gasteiger partial charge on any atom is -0.493 e. The van der Waals surface area contributed by atoms with E-state index in [0.717, 1.165) is 57.6 Å². The van der Waals surface area contributed by atoms with E-state index in [1.165, 1.54) is 11.3 Å². The summed E-state index contributed by atoms with van der Waals surface area (Å²) in [4.78, 5) is 49.7. The first-order valence-electron chi connectivity index (χ1n) is 17.1. The van der Waals surface area contributed by atoms with E-state index < -0.39 is 18.2 Å². The lowest BCUT2D eigenvalue weighted by Gasteiger charge is -2.35. The number of aliphatic hydroxyl groups is 1. The maximum absolute atomic E-state index is 14.1. The molecule has 2 aliphatic heterocycles. The zero-order valence-corrected chi connectivity index (χ0v) is 31.5. The van der Waals surface area contributed by atoms with Gasteiger partial charge in [0.25, 0.3) is 5.91 Å². The summed E-state index contributed by atoms with van der Waals surface area (Å²) >= 11 is 3.95. The van der Waals surface area contributed by atoms with Gasteiger partial charge in [0.2, 0.25) is 11.8 Å². The molecule has 0 aliphatic carbocycles. The van der Waals surface area contributed by atoms with Gasteiger partial charge in [-0.05, 0) is 66.2 Å². The summed E-state index contributed by atoms with van der Waals surface area (Å²) in [6.45, 7) is 8.34. The largest absolute Gasteiger partial charge is 0.493 e. The van der Waals surface area contributed by atoms with Crippen LogP contribution >= 0.6 is 33.9 Å². The van der Waals surface area contributed by atoms with Gasteiger partial charge in [-0.15, -0.1) is 11.3 Å². The van der Waals surface area contributed by atoms with Gasteiger partial charge < -0.3 is 29.7 Å². The fourth-order valence-corrected chi connectivity index (χ4v) is 7.84. The molecule has 1 aromatic heterocycles. The number of alkyl halides is 1. The number of benzene rings is 2. The smallest absolute Gasteiger partial charge is 0.255 e. The van der Waals surface area contributed by atoms with Crippen molar-refractivity contribution >= 4 is 51.6 Å². The second kappa shape index (κ2) is 17.7. The molecule has 3 aromatic rings. The van der Waals surface area contributed by atoms with Gasteiger partial charge in [-0.3, -0.25) is 14.4 Å². The van der Waals surface area contributed by atoms with Crippen LogP contribution in [0, 0.1) is 12.8 Å². The molecule has 264 valence electrons. The van der Waals surface area contributed by atoms with Crippen LogP contribution in [0.1, 0.15) is 73.1 Å². The van der Waals surface area contributed by atoms with Crippen molar-refractivity contribution in [2.24, 2.45) is 5.92 Å². The number of rotatable bonds is 17. The number of carbonyl (C=O) groups excluding carboxylic acids is 3. The topological polar surface area (TPSA) is 121 Å². The van der Waals surface area contributed by atoms with Gasteiger partial charge in [0.1, 0.15) is 17.8 Å². The molecule has 0 spiro atoms. The number of β-amino-alcohol motifs (C(OH)–C–C–N with tert-alkyl or cyclic N) is 1. The molecule has 1 fully saturated rings. The fraction of sp³-hybridized carbons (Fsp3) is 0.514. The maximum atomic E-state index is 14.1. The second-order valence-electron chi connectivity index (χ2n) is 13.0. The van der Waals surface area contributed by atoms with Crippen LogP contribution in [0.15, 0.2) is 48.0 Å². The van der Waals surface area contributed by atoms with Crippen LogP contribution < -0.4 is 10.1 Å². The standard InChI is InChI=1S/C37H47IN4O6S/c1-24(2)33(42-21-28-10-4-5-11-30(28)36(42)45)37(46)41-22-29(43)19-31(41)35(44)39-20-27-13-12-26(34-25(3)40-23-49-34)18-32(27)48-17-9-8-16-47-15-7-6-14-38/h4-5,10-13,18,23-24,29,31,33,43H,6-9,14-17,19-22H2,1-3H3,(H,39,44)/t29-,31+,33+/m1/s1. The molecule has 1 saturated heterocycles. The summed E-state index contributed by atoms with van der Waals surface area (Å²) in [6, 6.07) is 11.7. The number of likely N-dealkylation sites (tertiary alicyclic amines) is 1.